The maximum absolute atomic E-state index is 11.7. The van der Waals surface area contributed by atoms with E-state index in [0.717, 1.165) is 12.0 Å². The fourth-order valence-corrected chi connectivity index (χ4v) is 1.54. The zero-order valence-corrected chi connectivity index (χ0v) is 12.1. The highest BCUT2D eigenvalue weighted by Gasteiger charge is 2.18. The van der Waals surface area contributed by atoms with Gasteiger partial charge in [-0.05, 0) is 44.9 Å². The van der Waals surface area contributed by atoms with E-state index < -0.39 is 0 Å². The Hall–Kier alpha value is -1.22. The van der Waals surface area contributed by atoms with Crippen LogP contribution < -0.4 is 10.1 Å². The summed E-state index contributed by atoms with van der Waals surface area (Å²) in [7, 11) is 0. The van der Waals surface area contributed by atoms with Gasteiger partial charge in [0.25, 0.3) is 5.91 Å². The molecule has 0 aliphatic heterocycles. The largest absolute Gasteiger partial charge is 0.482 e. The van der Waals surface area contributed by atoms with Crippen molar-refractivity contribution in [2.75, 3.05) is 6.61 Å². The van der Waals surface area contributed by atoms with Crippen LogP contribution in [0.4, 0.5) is 0 Å². The third kappa shape index (κ3) is 4.57. The zero-order chi connectivity index (χ0) is 13.8. The van der Waals surface area contributed by atoms with Crippen LogP contribution in [0.25, 0.3) is 0 Å². The summed E-state index contributed by atoms with van der Waals surface area (Å²) >= 11 is 5.98. The number of hydrogen-bond acceptors (Lipinski definition) is 2. The van der Waals surface area contributed by atoms with Crippen molar-refractivity contribution in [3.8, 4) is 5.75 Å². The predicted molar refractivity (Wildman–Crippen MR) is 74.2 cm³/mol. The Labute approximate surface area is 113 Å². The Morgan fingerprint density at radius 3 is 2.72 bits per heavy atom. The molecule has 3 nitrogen and oxygen atoms in total. The molecule has 1 aromatic rings. The molecule has 0 saturated carbocycles. The molecular formula is C14H20ClNO2. The Kier molecular flexibility index (Phi) is 5.03. The van der Waals surface area contributed by atoms with Crippen LogP contribution >= 0.6 is 11.6 Å². The average Bonchev–Trinajstić information content (AvgIpc) is 2.30. The van der Waals surface area contributed by atoms with E-state index in [2.05, 4.69) is 5.32 Å². The maximum Gasteiger partial charge on any atom is 0.258 e. The molecule has 0 spiro atoms. The second-order valence-corrected chi connectivity index (χ2v) is 5.42. The molecule has 0 bridgehead atoms. The fraction of sp³-hybridized carbons (Fsp3) is 0.500. The van der Waals surface area contributed by atoms with Crippen molar-refractivity contribution in [3.05, 3.63) is 28.8 Å². The van der Waals surface area contributed by atoms with Gasteiger partial charge in [0.15, 0.2) is 6.61 Å². The fourth-order valence-electron chi connectivity index (χ4n) is 1.37. The van der Waals surface area contributed by atoms with Gasteiger partial charge in [-0.15, -0.1) is 0 Å². The first-order valence-electron chi connectivity index (χ1n) is 6.04. The summed E-state index contributed by atoms with van der Waals surface area (Å²) in [5, 5.41) is 3.42. The summed E-state index contributed by atoms with van der Waals surface area (Å²) in [6.45, 7) is 7.91. The molecular weight excluding hydrogens is 250 g/mol. The molecule has 0 aliphatic carbocycles. The number of aryl methyl sites for hydroxylation is 1. The minimum absolute atomic E-state index is 0.0212. The molecule has 100 valence electrons. The summed E-state index contributed by atoms with van der Waals surface area (Å²) in [6, 6.07) is 5.48. The quantitative estimate of drug-likeness (QED) is 0.890. The van der Waals surface area contributed by atoms with Gasteiger partial charge in [-0.3, -0.25) is 4.79 Å². The molecule has 0 aliphatic rings. The second-order valence-electron chi connectivity index (χ2n) is 5.01. The molecule has 0 atom stereocenters. The summed E-state index contributed by atoms with van der Waals surface area (Å²) in [4.78, 5) is 11.7. The van der Waals surface area contributed by atoms with Crippen LogP contribution in [0.3, 0.4) is 0 Å². The highest BCUT2D eigenvalue weighted by Crippen LogP contribution is 2.25. The van der Waals surface area contributed by atoms with Crippen molar-refractivity contribution in [3.63, 3.8) is 0 Å². The Morgan fingerprint density at radius 2 is 2.11 bits per heavy atom. The molecule has 1 rings (SSSR count). The third-order valence-electron chi connectivity index (χ3n) is 2.81. The summed E-state index contributed by atoms with van der Waals surface area (Å²) < 4.78 is 5.43. The van der Waals surface area contributed by atoms with Gasteiger partial charge in [0, 0.05) is 5.54 Å². The summed E-state index contributed by atoms with van der Waals surface area (Å²) in [6.07, 6.45) is 0.865. The van der Waals surface area contributed by atoms with Gasteiger partial charge in [-0.25, -0.2) is 0 Å². The van der Waals surface area contributed by atoms with Crippen molar-refractivity contribution < 1.29 is 9.53 Å². The Bertz CT molecular complexity index is 430. The molecule has 0 aromatic heterocycles. The smallest absolute Gasteiger partial charge is 0.258 e. The van der Waals surface area contributed by atoms with Crippen LogP contribution in [0.15, 0.2) is 18.2 Å². The summed E-state index contributed by atoms with van der Waals surface area (Å²) in [5.74, 6) is 0.403. The van der Waals surface area contributed by atoms with Crippen molar-refractivity contribution in [2.45, 2.75) is 39.7 Å². The van der Waals surface area contributed by atoms with Gasteiger partial charge < -0.3 is 10.1 Å². The lowest BCUT2D eigenvalue weighted by molar-refractivity contribution is -0.124. The van der Waals surface area contributed by atoms with Gasteiger partial charge in [0.2, 0.25) is 0 Å². The Balaban J connectivity index is 2.55. The first-order chi connectivity index (χ1) is 8.34. The lowest BCUT2D eigenvalue weighted by atomic mass is 10.0. The minimum Gasteiger partial charge on any atom is -0.482 e. The summed E-state index contributed by atoms with van der Waals surface area (Å²) in [5.41, 5.74) is 0.834. The van der Waals surface area contributed by atoms with Crippen LogP contribution in [0.1, 0.15) is 32.8 Å². The molecule has 18 heavy (non-hydrogen) atoms. The number of amides is 1. The van der Waals surface area contributed by atoms with Gasteiger partial charge in [-0.1, -0.05) is 24.6 Å². The molecule has 0 radical (unpaired) electrons. The highest BCUT2D eigenvalue weighted by atomic mass is 35.5. The molecule has 1 N–H and O–H groups in total. The van der Waals surface area contributed by atoms with Gasteiger partial charge in [0.05, 0.1) is 5.02 Å². The number of ether oxygens (including phenoxy) is 1. The first-order valence-corrected chi connectivity index (χ1v) is 6.42. The van der Waals surface area contributed by atoms with E-state index in [0.29, 0.717) is 10.8 Å². The van der Waals surface area contributed by atoms with E-state index in [1.165, 1.54) is 0 Å². The molecule has 0 heterocycles. The topological polar surface area (TPSA) is 38.3 Å². The van der Waals surface area contributed by atoms with Crippen LogP contribution in [0.5, 0.6) is 5.75 Å². The SMILES string of the molecule is CCC(C)(C)NC(=O)COc1cc(C)ccc1Cl. The van der Waals surface area contributed by atoms with Gasteiger partial charge in [-0.2, -0.15) is 0 Å². The van der Waals surface area contributed by atoms with E-state index in [1.54, 1.807) is 6.07 Å². The predicted octanol–water partition coefficient (Wildman–Crippen LogP) is 3.33. The minimum atomic E-state index is -0.211. The molecule has 4 heteroatoms. The maximum atomic E-state index is 11.7. The first kappa shape index (κ1) is 14.8. The van der Waals surface area contributed by atoms with Crippen molar-refractivity contribution in [2.24, 2.45) is 0 Å². The monoisotopic (exact) mass is 269 g/mol. The lowest BCUT2D eigenvalue weighted by Crippen LogP contribution is -2.44. The van der Waals surface area contributed by atoms with Crippen molar-refractivity contribution in [1.82, 2.24) is 5.32 Å². The van der Waals surface area contributed by atoms with E-state index in [9.17, 15) is 4.79 Å². The van der Waals surface area contributed by atoms with Gasteiger partial charge in [0.1, 0.15) is 5.75 Å². The number of benzene rings is 1. The second kappa shape index (κ2) is 6.10. The zero-order valence-electron chi connectivity index (χ0n) is 11.3. The number of halogens is 1. The van der Waals surface area contributed by atoms with E-state index >= 15 is 0 Å². The van der Waals surface area contributed by atoms with Crippen LogP contribution in [0, 0.1) is 6.92 Å². The highest BCUT2D eigenvalue weighted by molar-refractivity contribution is 6.32. The average molecular weight is 270 g/mol. The number of hydrogen-bond donors (Lipinski definition) is 1. The standard InChI is InChI=1S/C14H20ClNO2/c1-5-14(3,4)16-13(17)9-18-12-8-10(2)6-7-11(12)15/h6-8H,5,9H2,1-4H3,(H,16,17). The molecule has 0 saturated heterocycles. The van der Waals surface area contributed by atoms with Crippen LogP contribution in [0.2, 0.25) is 5.02 Å². The molecule has 0 fully saturated rings. The number of nitrogens with one attached hydrogen (secondary N) is 1. The van der Waals surface area contributed by atoms with Crippen molar-refractivity contribution >= 4 is 17.5 Å². The van der Waals surface area contributed by atoms with E-state index in [-0.39, 0.29) is 18.1 Å². The normalized spacial score (nSPS) is 11.2. The molecule has 1 amide bonds. The lowest BCUT2D eigenvalue weighted by Gasteiger charge is -2.24. The number of carbonyl (C=O) groups excluding carboxylic acids is 1. The van der Waals surface area contributed by atoms with Gasteiger partial charge >= 0.3 is 0 Å². The van der Waals surface area contributed by atoms with E-state index in [1.807, 2.05) is 39.8 Å². The number of carbonyl (C=O) groups is 1. The molecule has 0 unspecified atom stereocenters. The van der Waals surface area contributed by atoms with Crippen LogP contribution in [-0.2, 0) is 4.79 Å². The Morgan fingerprint density at radius 1 is 1.44 bits per heavy atom. The van der Waals surface area contributed by atoms with Crippen LogP contribution in [-0.4, -0.2) is 18.1 Å². The number of rotatable bonds is 5. The third-order valence-corrected chi connectivity index (χ3v) is 3.12. The molecule has 1 aromatic carbocycles. The van der Waals surface area contributed by atoms with E-state index in [4.69, 9.17) is 16.3 Å². The van der Waals surface area contributed by atoms with Crippen molar-refractivity contribution in [1.29, 1.82) is 0 Å².